The molecule has 1 fully saturated rings. The standard InChI is InChI=1S/C16H21N2O3/c1-18(9-11-21-12-10-18)8-4-7-17-15(19)13-5-2-3-6-14(13)16(17)20/h2-3,5-6H,4,7-12H2,1H3/q+1. The highest BCUT2D eigenvalue weighted by atomic mass is 16.5. The lowest BCUT2D eigenvalue weighted by molar-refractivity contribution is -0.917. The number of rotatable bonds is 4. The van der Waals surface area contributed by atoms with E-state index in [1.54, 1.807) is 24.3 Å². The second-order valence-corrected chi connectivity index (χ2v) is 6.06. The molecule has 0 bridgehead atoms. The van der Waals surface area contributed by atoms with E-state index in [9.17, 15) is 9.59 Å². The molecule has 2 heterocycles. The molecule has 1 aromatic carbocycles. The van der Waals surface area contributed by atoms with Crippen molar-refractivity contribution in [2.75, 3.05) is 46.4 Å². The molecule has 0 N–H and O–H groups in total. The number of likely N-dealkylation sites (N-methyl/N-ethyl adjacent to an activating group) is 1. The van der Waals surface area contributed by atoms with Crippen LogP contribution in [0.2, 0.25) is 0 Å². The molecule has 0 radical (unpaired) electrons. The molecular formula is C16H21N2O3+. The molecule has 0 saturated carbocycles. The van der Waals surface area contributed by atoms with Gasteiger partial charge >= 0.3 is 0 Å². The molecule has 1 saturated heterocycles. The molecule has 0 spiro atoms. The summed E-state index contributed by atoms with van der Waals surface area (Å²) in [5.41, 5.74) is 1.07. The number of morpholine rings is 1. The Morgan fingerprint density at radius 2 is 1.67 bits per heavy atom. The van der Waals surface area contributed by atoms with Crippen molar-refractivity contribution < 1.29 is 18.8 Å². The Kier molecular flexibility index (Phi) is 3.78. The van der Waals surface area contributed by atoms with Gasteiger partial charge in [0.05, 0.1) is 37.9 Å². The molecule has 0 aliphatic carbocycles. The molecule has 21 heavy (non-hydrogen) atoms. The third kappa shape index (κ3) is 2.71. The van der Waals surface area contributed by atoms with Crippen LogP contribution in [0.4, 0.5) is 0 Å². The highest BCUT2D eigenvalue weighted by molar-refractivity contribution is 6.21. The Labute approximate surface area is 124 Å². The van der Waals surface area contributed by atoms with Crippen LogP contribution >= 0.6 is 0 Å². The number of fused-ring (bicyclic) bond motifs is 1. The van der Waals surface area contributed by atoms with E-state index >= 15 is 0 Å². The van der Waals surface area contributed by atoms with Crippen LogP contribution in [0, 0.1) is 0 Å². The lowest BCUT2D eigenvalue weighted by Gasteiger charge is -2.37. The van der Waals surface area contributed by atoms with Crippen molar-refractivity contribution in [3.05, 3.63) is 35.4 Å². The van der Waals surface area contributed by atoms with Crippen LogP contribution in [0.3, 0.4) is 0 Å². The number of carbonyl (C=O) groups is 2. The predicted octanol–water partition coefficient (Wildman–Crippen LogP) is 1.15. The van der Waals surface area contributed by atoms with Gasteiger partial charge in [-0.25, -0.2) is 0 Å². The first-order valence-corrected chi connectivity index (χ1v) is 7.47. The van der Waals surface area contributed by atoms with Crippen molar-refractivity contribution in [2.24, 2.45) is 0 Å². The van der Waals surface area contributed by atoms with Crippen molar-refractivity contribution in [1.29, 1.82) is 0 Å². The minimum atomic E-state index is -0.153. The molecule has 0 unspecified atom stereocenters. The number of quaternary nitrogens is 1. The van der Waals surface area contributed by atoms with E-state index in [2.05, 4.69) is 7.05 Å². The van der Waals surface area contributed by atoms with Crippen LogP contribution in [0.25, 0.3) is 0 Å². The molecule has 5 nitrogen and oxygen atoms in total. The summed E-state index contributed by atoms with van der Waals surface area (Å²) in [6.45, 7) is 5.06. The minimum absolute atomic E-state index is 0.153. The van der Waals surface area contributed by atoms with Crippen LogP contribution in [-0.4, -0.2) is 67.6 Å². The zero-order chi connectivity index (χ0) is 14.9. The van der Waals surface area contributed by atoms with Crippen LogP contribution in [0.5, 0.6) is 0 Å². The average Bonchev–Trinajstić information content (AvgIpc) is 2.73. The van der Waals surface area contributed by atoms with Crippen LogP contribution < -0.4 is 0 Å². The molecule has 2 aliphatic rings. The summed E-state index contributed by atoms with van der Waals surface area (Å²) in [6, 6.07) is 7.05. The maximum Gasteiger partial charge on any atom is 0.261 e. The molecule has 2 amide bonds. The fraction of sp³-hybridized carbons (Fsp3) is 0.500. The molecular weight excluding hydrogens is 268 g/mol. The fourth-order valence-electron chi connectivity index (χ4n) is 3.06. The average molecular weight is 289 g/mol. The monoisotopic (exact) mass is 289 g/mol. The molecule has 112 valence electrons. The molecule has 0 atom stereocenters. The van der Waals surface area contributed by atoms with E-state index in [-0.39, 0.29) is 11.8 Å². The van der Waals surface area contributed by atoms with Gasteiger partial charge in [-0.2, -0.15) is 0 Å². The van der Waals surface area contributed by atoms with Gasteiger partial charge in [-0.1, -0.05) is 12.1 Å². The van der Waals surface area contributed by atoms with E-state index in [0.717, 1.165) is 43.8 Å². The number of hydrogen-bond acceptors (Lipinski definition) is 3. The number of imide groups is 1. The maximum atomic E-state index is 12.2. The molecule has 5 heteroatoms. The number of benzene rings is 1. The third-order valence-corrected chi connectivity index (χ3v) is 4.51. The van der Waals surface area contributed by atoms with Crippen molar-refractivity contribution >= 4 is 11.8 Å². The SMILES string of the molecule is C[N+]1(CCCN2C(=O)c3ccccc3C2=O)CCOCC1. The Morgan fingerprint density at radius 3 is 2.24 bits per heavy atom. The lowest BCUT2D eigenvalue weighted by atomic mass is 10.1. The summed E-state index contributed by atoms with van der Waals surface area (Å²) < 4.78 is 6.35. The van der Waals surface area contributed by atoms with Gasteiger partial charge in [0.15, 0.2) is 0 Å². The van der Waals surface area contributed by atoms with E-state index < -0.39 is 0 Å². The molecule has 3 rings (SSSR count). The fourth-order valence-corrected chi connectivity index (χ4v) is 3.06. The zero-order valence-corrected chi connectivity index (χ0v) is 12.4. The Morgan fingerprint density at radius 1 is 1.10 bits per heavy atom. The van der Waals surface area contributed by atoms with Crippen molar-refractivity contribution in [3.63, 3.8) is 0 Å². The number of ether oxygens (including phenoxy) is 1. The zero-order valence-electron chi connectivity index (χ0n) is 12.4. The predicted molar refractivity (Wildman–Crippen MR) is 78.0 cm³/mol. The van der Waals surface area contributed by atoms with Crippen LogP contribution in [0.1, 0.15) is 27.1 Å². The van der Waals surface area contributed by atoms with Gasteiger partial charge in [-0.15, -0.1) is 0 Å². The van der Waals surface area contributed by atoms with Crippen LogP contribution in [-0.2, 0) is 4.74 Å². The Bertz CT molecular complexity index is 529. The lowest BCUT2D eigenvalue weighted by Crippen LogP contribution is -2.53. The van der Waals surface area contributed by atoms with E-state index in [1.165, 1.54) is 4.90 Å². The number of nitrogens with zero attached hydrogens (tertiary/aromatic N) is 2. The highest BCUT2D eigenvalue weighted by Crippen LogP contribution is 2.22. The summed E-state index contributed by atoms with van der Waals surface area (Å²) in [5.74, 6) is -0.305. The van der Waals surface area contributed by atoms with E-state index in [1.807, 2.05) is 0 Å². The van der Waals surface area contributed by atoms with Crippen molar-refractivity contribution in [2.45, 2.75) is 6.42 Å². The van der Waals surface area contributed by atoms with Gasteiger partial charge in [-0.05, 0) is 12.1 Å². The number of amides is 2. The Balaban J connectivity index is 1.60. The van der Waals surface area contributed by atoms with Gasteiger partial charge in [0.25, 0.3) is 11.8 Å². The van der Waals surface area contributed by atoms with E-state index in [4.69, 9.17) is 4.74 Å². The number of carbonyl (C=O) groups excluding carboxylic acids is 2. The van der Waals surface area contributed by atoms with E-state index in [0.29, 0.717) is 17.7 Å². The number of hydrogen-bond donors (Lipinski definition) is 0. The second-order valence-electron chi connectivity index (χ2n) is 6.06. The summed E-state index contributed by atoms with van der Waals surface area (Å²) in [6.07, 6.45) is 0.835. The third-order valence-electron chi connectivity index (χ3n) is 4.51. The summed E-state index contributed by atoms with van der Waals surface area (Å²) in [5, 5.41) is 0. The topological polar surface area (TPSA) is 46.6 Å². The van der Waals surface area contributed by atoms with Gasteiger partial charge < -0.3 is 9.22 Å². The highest BCUT2D eigenvalue weighted by Gasteiger charge is 2.35. The largest absolute Gasteiger partial charge is 0.370 e. The second kappa shape index (κ2) is 5.58. The molecule has 1 aromatic rings. The van der Waals surface area contributed by atoms with Crippen LogP contribution in [0.15, 0.2) is 24.3 Å². The maximum absolute atomic E-state index is 12.2. The first-order valence-electron chi connectivity index (χ1n) is 7.47. The first kappa shape index (κ1) is 14.2. The van der Waals surface area contributed by atoms with Gasteiger partial charge in [0.2, 0.25) is 0 Å². The molecule has 0 aromatic heterocycles. The van der Waals surface area contributed by atoms with Gasteiger partial charge in [0, 0.05) is 13.0 Å². The summed E-state index contributed by atoms with van der Waals surface area (Å²) >= 11 is 0. The normalized spacial score (nSPS) is 20.7. The van der Waals surface area contributed by atoms with Gasteiger partial charge in [0.1, 0.15) is 13.1 Å². The van der Waals surface area contributed by atoms with Crippen molar-refractivity contribution in [3.8, 4) is 0 Å². The first-order chi connectivity index (χ1) is 10.1. The van der Waals surface area contributed by atoms with Gasteiger partial charge in [-0.3, -0.25) is 14.5 Å². The van der Waals surface area contributed by atoms with Crippen molar-refractivity contribution in [1.82, 2.24) is 4.90 Å². The minimum Gasteiger partial charge on any atom is -0.370 e. The smallest absolute Gasteiger partial charge is 0.261 e. The summed E-state index contributed by atoms with van der Waals surface area (Å²) in [4.78, 5) is 25.9. The quantitative estimate of drug-likeness (QED) is 0.617. The Hall–Kier alpha value is -1.72. The molecule has 2 aliphatic heterocycles. The summed E-state index contributed by atoms with van der Waals surface area (Å²) in [7, 11) is 2.21.